The first-order chi connectivity index (χ1) is 27.8. The van der Waals surface area contributed by atoms with Crippen LogP contribution in [0.2, 0.25) is 0 Å². The van der Waals surface area contributed by atoms with E-state index in [2.05, 4.69) is 15.3 Å². The highest BCUT2D eigenvalue weighted by atomic mass is 32.2. The molecule has 0 aliphatic carbocycles. The molecule has 0 unspecified atom stereocenters. The van der Waals surface area contributed by atoms with Gasteiger partial charge in [-0.05, 0) is 89.8 Å². The zero-order chi connectivity index (χ0) is 41.7. The lowest BCUT2D eigenvalue weighted by atomic mass is 10.2. The van der Waals surface area contributed by atoms with Crippen molar-refractivity contribution in [2.24, 2.45) is 0 Å². The van der Waals surface area contributed by atoms with E-state index in [0.29, 0.717) is 11.5 Å². The predicted molar refractivity (Wildman–Crippen MR) is 217 cm³/mol. The molecule has 2 heterocycles. The number of aromatic amines is 1. The molecule has 0 saturated heterocycles. The van der Waals surface area contributed by atoms with Gasteiger partial charge in [-0.15, -0.1) is 0 Å². The SMILES string of the molecule is COc1ccc(CN(Cc2ccc(OC)cc2)S(=O)(=O)c2ccn(C[C@H](C)O)n2)cc1.COc1ccc(CN(Cc2ccc(OC)cc2)S(=O)(=O)c2ccn[nH]2)cc1. The highest BCUT2D eigenvalue weighted by Gasteiger charge is 2.28. The number of aliphatic hydroxyl groups is 1. The number of aromatic nitrogens is 4. The van der Waals surface area contributed by atoms with Crippen LogP contribution in [-0.4, -0.2) is 85.1 Å². The number of methoxy groups -OCH3 is 4. The van der Waals surface area contributed by atoms with Crippen LogP contribution in [0.3, 0.4) is 0 Å². The summed E-state index contributed by atoms with van der Waals surface area (Å²) in [7, 11) is -1.27. The number of sulfonamides is 2. The molecule has 2 N–H and O–H groups in total. The van der Waals surface area contributed by atoms with Crippen LogP contribution in [0.15, 0.2) is 132 Å². The van der Waals surface area contributed by atoms with E-state index in [1.165, 1.54) is 31.6 Å². The second-order valence-electron chi connectivity index (χ2n) is 13.1. The van der Waals surface area contributed by atoms with Gasteiger partial charge in [0.05, 0.1) is 47.3 Å². The van der Waals surface area contributed by atoms with E-state index < -0.39 is 26.2 Å². The van der Waals surface area contributed by atoms with Gasteiger partial charge in [0.25, 0.3) is 20.0 Å². The molecule has 0 amide bonds. The van der Waals surface area contributed by atoms with Crippen molar-refractivity contribution in [3.63, 3.8) is 0 Å². The monoisotopic (exact) mass is 832 g/mol. The van der Waals surface area contributed by atoms with Crippen LogP contribution < -0.4 is 18.9 Å². The molecule has 0 saturated carbocycles. The predicted octanol–water partition coefficient (Wildman–Crippen LogP) is 5.49. The van der Waals surface area contributed by atoms with Crippen molar-refractivity contribution in [1.29, 1.82) is 0 Å². The normalized spacial score (nSPS) is 12.1. The van der Waals surface area contributed by atoms with Gasteiger partial charge in [-0.3, -0.25) is 9.78 Å². The topological polar surface area (TPSA) is 178 Å². The van der Waals surface area contributed by atoms with Gasteiger partial charge in [0.2, 0.25) is 0 Å². The van der Waals surface area contributed by atoms with E-state index in [4.69, 9.17) is 18.9 Å². The van der Waals surface area contributed by atoms with Crippen LogP contribution in [0.1, 0.15) is 29.2 Å². The van der Waals surface area contributed by atoms with Crippen LogP contribution in [0.4, 0.5) is 0 Å². The van der Waals surface area contributed by atoms with E-state index in [0.717, 1.165) is 33.8 Å². The van der Waals surface area contributed by atoms with E-state index in [-0.39, 0.29) is 42.8 Å². The number of hydrogen-bond donors (Lipinski definition) is 2. The Morgan fingerprint density at radius 1 is 0.586 bits per heavy atom. The lowest BCUT2D eigenvalue weighted by Crippen LogP contribution is -2.30. The Balaban J connectivity index is 0.000000223. The number of H-pyrrole nitrogens is 1. The smallest absolute Gasteiger partial charge is 0.262 e. The zero-order valence-electron chi connectivity index (χ0n) is 32.9. The Labute approximate surface area is 339 Å². The standard InChI is InChI=1S/C22H27N3O5S.C19H21N3O4S/c1-17(26)14-24-13-12-22(23-24)31(27,28)25(15-18-4-8-20(29-2)9-5-18)16-19-6-10-21(30-3)11-7-19;1-25-17-7-3-15(4-8-17)13-22(27(23,24)19-11-12-20-21-19)14-16-5-9-18(26-2)10-6-16/h4-13,17,26H,14-16H2,1-3H3;3-12H,13-14H2,1-2H3,(H,20,21)/t17-;/m0./s1. The maximum Gasteiger partial charge on any atom is 0.262 e. The number of nitrogens with zero attached hydrogens (tertiary/aromatic N) is 5. The summed E-state index contributed by atoms with van der Waals surface area (Å²) >= 11 is 0. The van der Waals surface area contributed by atoms with Crippen molar-refractivity contribution in [3.05, 3.63) is 144 Å². The van der Waals surface area contributed by atoms with Crippen molar-refractivity contribution >= 4 is 20.0 Å². The first-order valence-electron chi connectivity index (χ1n) is 18.1. The molecule has 17 heteroatoms. The summed E-state index contributed by atoms with van der Waals surface area (Å²) in [5.41, 5.74) is 3.35. The van der Waals surface area contributed by atoms with Crippen molar-refractivity contribution in [3.8, 4) is 23.0 Å². The van der Waals surface area contributed by atoms with Crippen LogP contribution in [0, 0.1) is 0 Å². The second-order valence-corrected chi connectivity index (χ2v) is 16.9. The second kappa shape index (κ2) is 20.1. The quantitative estimate of drug-likeness (QED) is 0.112. The summed E-state index contributed by atoms with van der Waals surface area (Å²) in [6.07, 6.45) is 2.34. The summed E-state index contributed by atoms with van der Waals surface area (Å²) in [6.45, 7) is 2.61. The van der Waals surface area contributed by atoms with E-state index in [1.807, 2.05) is 72.8 Å². The number of nitrogens with one attached hydrogen (secondary N) is 1. The fourth-order valence-electron chi connectivity index (χ4n) is 5.70. The fourth-order valence-corrected chi connectivity index (χ4v) is 8.36. The molecule has 0 aliphatic heterocycles. The minimum Gasteiger partial charge on any atom is -0.497 e. The van der Waals surface area contributed by atoms with E-state index >= 15 is 0 Å². The van der Waals surface area contributed by atoms with Gasteiger partial charge in [-0.25, -0.2) is 16.8 Å². The molecule has 6 aromatic rings. The molecule has 0 spiro atoms. The summed E-state index contributed by atoms with van der Waals surface area (Å²) in [6, 6.07) is 32.1. The molecule has 4 aromatic carbocycles. The van der Waals surface area contributed by atoms with Crippen LogP contribution >= 0.6 is 0 Å². The third-order valence-corrected chi connectivity index (χ3v) is 12.2. The highest BCUT2D eigenvalue weighted by Crippen LogP contribution is 2.24. The molecule has 2 aromatic heterocycles. The number of ether oxygens (including phenoxy) is 4. The lowest BCUT2D eigenvalue weighted by Gasteiger charge is -2.22. The first kappa shape index (κ1) is 43.4. The Kier molecular flexibility index (Phi) is 15.1. The summed E-state index contributed by atoms with van der Waals surface area (Å²) < 4.78 is 77.9. The Hall–Kier alpha value is -5.72. The minimum atomic E-state index is -3.89. The molecule has 15 nitrogen and oxygen atoms in total. The third kappa shape index (κ3) is 11.7. The molecule has 308 valence electrons. The average Bonchev–Trinajstić information content (AvgIpc) is 3.96. The van der Waals surface area contributed by atoms with Gasteiger partial charge < -0.3 is 24.1 Å². The van der Waals surface area contributed by atoms with E-state index in [1.54, 1.807) is 65.8 Å². The maximum atomic E-state index is 13.4. The Morgan fingerprint density at radius 2 is 0.948 bits per heavy atom. The highest BCUT2D eigenvalue weighted by molar-refractivity contribution is 7.89. The Bertz CT molecular complexity index is 2270. The summed E-state index contributed by atoms with van der Waals surface area (Å²) in [5, 5.41) is 20.0. The van der Waals surface area contributed by atoms with Crippen LogP contribution in [0.25, 0.3) is 0 Å². The molecule has 6 rings (SSSR count). The van der Waals surface area contributed by atoms with Crippen molar-refractivity contribution in [2.75, 3.05) is 28.4 Å². The number of benzene rings is 4. The molecule has 0 bridgehead atoms. The largest absolute Gasteiger partial charge is 0.497 e. The Morgan fingerprint density at radius 3 is 1.26 bits per heavy atom. The fraction of sp³-hybridized carbons (Fsp3) is 0.268. The number of aliphatic hydroxyl groups excluding tert-OH is 1. The summed E-state index contributed by atoms with van der Waals surface area (Å²) in [5.74, 6) is 2.84. The van der Waals surface area contributed by atoms with Gasteiger partial charge in [-0.2, -0.15) is 18.8 Å². The minimum absolute atomic E-state index is 0.0597. The summed E-state index contributed by atoms with van der Waals surface area (Å²) in [4.78, 5) is 0. The number of rotatable bonds is 18. The van der Waals surface area contributed by atoms with Crippen molar-refractivity contribution in [2.45, 2.75) is 55.8 Å². The van der Waals surface area contributed by atoms with E-state index in [9.17, 15) is 21.9 Å². The van der Waals surface area contributed by atoms with Crippen LogP contribution in [-0.2, 0) is 52.8 Å². The lowest BCUT2D eigenvalue weighted by molar-refractivity contribution is 0.168. The first-order valence-corrected chi connectivity index (χ1v) is 21.0. The van der Waals surface area contributed by atoms with Gasteiger partial charge in [0, 0.05) is 32.4 Å². The molecular weight excluding hydrogens is 785 g/mol. The molecule has 1 atom stereocenters. The average molecular weight is 833 g/mol. The zero-order valence-corrected chi connectivity index (χ0v) is 34.6. The van der Waals surface area contributed by atoms with Crippen molar-refractivity contribution in [1.82, 2.24) is 28.6 Å². The van der Waals surface area contributed by atoms with Gasteiger partial charge in [-0.1, -0.05) is 48.5 Å². The van der Waals surface area contributed by atoms with Gasteiger partial charge >= 0.3 is 0 Å². The molecule has 58 heavy (non-hydrogen) atoms. The van der Waals surface area contributed by atoms with Gasteiger partial charge in [0.1, 0.15) is 23.0 Å². The third-order valence-electron chi connectivity index (χ3n) is 8.84. The number of hydrogen-bond acceptors (Lipinski definition) is 11. The molecule has 0 fully saturated rings. The van der Waals surface area contributed by atoms with Crippen molar-refractivity contribution < 1.29 is 40.9 Å². The van der Waals surface area contributed by atoms with Gasteiger partial charge in [0.15, 0.2) is 10.1 Å². The molecule has 0 aliphatic rings. The van der Waals surface area contributed by atoms with Crippen LogP contribution in [0.5, 0.6) is 23.0 Å². The molecular formula is C41H48N6O9S2. The maximum absolute atomic E-state index is 13.4. The molecule has 0 radical (unpaired) electrons.